The van der Waals surface area contributed by atoms with E-state index in [1.807, 2.05) is 0 Å². The van der Waals surface area contributed by atoms with Crippen molar-refractivity contribution in [3.63, 3.8) is 0 Å². The summed E-state index contributed by atoms with van der Waals surface area (Å²) in [7, 11) is 0. The number of nitriles is 1. The molecule has 0 aromatic heterocycles. The van der Waals surface area contributed by atoms with Gasteiger partial charge in [0.1, 0.15) is 0 Å². The monoisotopic (exact) mass is 257 g/mol. The van der Waals surface area contributed by atoms with Gasteiger partial charge in [-0.2, -0.15) is 5.26 Å². The Hall–Kier alpha value is -1.53. The molecule has 0 saturated carbocycles. The fourth-order valence-corrected chi connectivity index (χ4v) is 2.83. The third-order valence-electron chi connectivity index (χ3n) is 3.83. The highest BCUT2D eigenvalue weighted by molar-refractivity contribution is 5.55. The van der Waals surface area contributed by atoms with Crippen molar-refractivity contribution in [2.24, 2.45) is 5.92 Å². The summed E-state index contributed by atoms with van der Waals surface area (Å²) in [4.78, 5) is 2.44. The molecule has 2 atom stereocenters. The molecule has 0 spiro atoms. The van der Waals surface area contributed by atoms with Gasteiger partial charge in [0, 0.05) is 18.8 Å². The van der Waals surface area contributed by atoms with E-state index in [4.69, 9.17) is 5.26 Å². The number of nitrogens with zero attached hydrogens (tertiary/aromatic N) is 2. The molecule has 1 aliphatic heterocycles. The van der Waals surface area contributed by atoms with Gasteiger partial charge in [-0.25, -0.2) is 0 Å². The number of benzene rings is 1. The Kier molecular flexibility index (Phi) is 4.81. The fraction of sp³-hybridized carbons (Fsp3) is 0.562. The van der Waals surface area contributed by atoms with E-state index in [1.54, 1.807) is 0 Å². The van der Waals surface area contributed by atoms with E-state index in [2.05, 4.69) is 54.4 Å². The van der Waals surface area contributed by atoms with Crippen LogP contribution in [-0.4, -0.2) is 25.7 Å². The van der Waals surface area contributed by atoms with Gasteiger partial charge < -0.3 is 10.2 Å². The Labute approximate surface area is 116 Å². The molecule has 0 aliphatic carbocycles. The minimum absolute atomic E-state index is 0.280. The molecular formula is C16H23N3. The van der Waals surface area contributed by atoms with Crippen LogP contribution in [0.15, 0.2) is 24.3 Å². The SMILES string of the molecule is CCc1ccccc1N1CC(C)CNCC1CC#N. The Morgan fingerprint density at radius 3 is 2.89 bits per heavy atom. The second-order valence-corrected chi connectivity index (χ2v) is 5.41. The van der Waals surface area contributed by atoms with E-state index in [9.17, 15) is 0 Å². The summed E-state index contributed by atoms with van der Waals surface area (Å²) in [5.41, 5.74) is 2.68. The molecule has 1 aromatic carbocycles. The highest BCUT2D eigenvalue weighted by atomic mass is 15.2. The second kappa shape index (κ2) is 6.58. The van der Waals surface area contributed by atoms with Crippen LogP contribution in [0.3, 0.4) is 0 Å². The standard InChI is InChI=1S/C16H23N3/c1-3-14-6-4-5-7-16(14)19-12-13(2)10-18-11-15(19)8-9-17/h4-7,13,15,18H,3,8,10-12H2,1-2H3. The summed E-state index contributed by atoms with van der Waals surface area (Å²) in [6.07, 6.45) is 1.62. The lowest BCUT2D eigenvalue weighted by atomic mass is 10.0. The van der Waals surface area contributed by atoms with Crippen LogP contribution in [0, 0.1) is 17.2 Å². The zero-order chi connectivity index (χ0) is 13.7. The van der Waals surface area contributed by atoms with Crippen molar-refractivity contribution in [1.29, 1.82) is 5.26 Å². The lowest BCUT2D eigenvalue weighted by Gasteiger charge is -2.33. The van der Waals surface area contributed by atoms with Crippen molar-refractivity contribution >= 4 is 5.69 Å². The first kappa shape index (κ1) is 13.9. The van der Waals surface area contributed by atoms with E-state index < -0.39 is 0 Å². The van der Waals surface area contributed by atoms with E-state index in [0.717, 1.165) is 26.1 Å². The van der Waals surface area contributed by atoms with Crippen LogP contribution < -0.4 is 10.2 Å². The van der Waals surface area contributed by atoms with Crippen LogP contribution in [-0.2, 0) is 6.42 Å². The van der Waals surface area contributed by atoms with Crippen LogP contribution in [0.4, 0.5) is 5.69 Å². The normalized spacial score (nSPS) is 23.7. The molecule has 102 valence electrons. The van der Waals surface area contributed by atoms with Crippen molar-refractivity contribution in [2.75, 3.05) is 24.5 Å². The predicted octanol–water partition coefficient (Wildman–Crippen LogP) is 2.58. The number of rotatable bonds is 3. The maximum Gasteiger partial charge on any atom is 0.0643 e. The van der Waals surface area contributed by atoms with E-state index in [0.29, 0.717) is 12.3 Å². The molecule has 1 aliphatic rings. The smallest absolute Gasteiger partial charge is 0.0643 e. The molecule has 1 saturated heterocycles. The fourth-order valence-electron chi connectivity index (χ4n) is 2.83. The first-order chi connectivity index (χ1) is 9.26. The van der Waals surface area contributed by atoms with Gasteiger partial charge in [0.05, 0.1) is 18.5 Å². The predicted molar refractivity (Wildman–Crippen MR) is 79.2 cm³/mol. The summed E-state index contributed by atoms with van der Waals surface area (Å²) >= 11 is 0. The molecule has 1 aromatic rings. The number of aryl methyl sites for hydroxylation is 1. The molecule has 0 bridgehead atoms. The van der Waals surface area contributed by atoms with Crippen molar-refractivity contribution in [1.82, 2.24) is 5.32 Å². The average molecular weight is 257 g/mol. The van der Waals surface area contributed by atoms with Crippen molar-refractivity contribution in [3.8, 4) is 6.07 Å². The molecule has 1 fully saturated rings. The summed E-state index contributed by atoms with van der Waals surface area (Å²) in [5, 5.41) is 12.5. The van der Waals surface area contributed by atoms with Gasteiger partial charge in [0.2, 0.25) is 0 Å². The second-order valence-electron chi connectivity index (χ2n) is 5.41. The quantitative estimate of drug-likeness (QED) is 0.904. The summed E-state index contributed by atoms with van der Waals surface area (Å²) in [5.74, 6) is 0.605. The molecule has 1 heterocycles. The Morgan fingerprint density at radius 2 is 2.16 bits per heavy atom. The number of para-hydroxylation sites is 1. The third kappa shape index (κ3) is 3.27. The van der Waals surface area contributed by atoms with Gasteiger partial charge in [-0.1, -0.05) is 32.0 Å². The number of hydrogen-bond donors (Lipinski definition) is 1. The van der Waals surface area contributed by atoms with Gasteiger partial charge in [-0.3, -0.25) is 0 Å². The highest BCUT2D eigenvalue weighted by Crippen LogP contribution is 2.26. The number of nitrogens with one attached hydrogen (secondary N) is 1. The van der Waals surface area contributed by atoms with Crippen molar-refractivity contribution in [3.05, 3.63) is 29.8 Å². The van der Waals surface area contributed by atoms with Gasteiger partial charge >= 0.3 is 0 Å². The van der Waals surface area contributed by atoms with E-state index >= 15 is 0 Å². The maximum atomic E-state index is 9.06. The van der Waals surface area contributed by atoms with Crippen LogP contribution in [0.2, 0.25) is 0 Å². The van der Waals surface area contributed by atoms with Gasteiger partial charge in [0.15, 0.2) is 0 Å². The van der Waals surface area contributed by atoms with Crippen LogP contribution in [0.25, 0.3) is 0 Å². The zero-order valence-electron chi connectivity index (χ0n) is 11.9. The molecular weight excluding hydrogens is 234 g/mol. The van der Waals surface area contributed by atoms with Crippen LogP contribution >= 0.6 is 0 Å². The third-order valence-corrected chi connectivity index (χ3v) is 3.83. The topological polar surface area (TPSA) is 39.1 Å². The highest BCUT2D eigenvalue weighted by Gasteiger charge is 2.25. The van der Waals surface area contributed by atoms with Crippen molar-refractivity contribution < 1.29 is 0 Å². The average Bonchev–Trinajstić information content (AvgIpc) is 2.61. The maximum absolute atomic E-state index is 9.06. The molecule has 0 radical (unpaired) electrons. The lowest BCUT2D eigenvalue weighted by molar-refractivity contribution is 0.563. The molecule has 3 nitrogen and oxygen atoms in total. The number of hydrogen-bond acceptors (Lipinski definition) is 3. The summed E-state index contributed by atoms with van der Waals surface area (Å²) in [6, 6.07) is 11.2. The Morgan fingerprint density at radius 1 is 1.37 bits per heavy atom. The first-order valence-electron chi connectivity index (χ1n) is 7.18. The summed E-state index contributed by atoms with van der Waals surface area (Å²) < 4.78 is 0. The van der Waals surface area contributed by atoms with Crippen LogP contribution in [0.1, 0.15) is 25.8 Å². The van der Waals surface area contributed by atoms with Gasteiger partial charge in [-0.05, 0) is 30.5 Å². The Bertz CT molecular complexity index is 450. The van der Waals surface area contributed by atoms with Gasteiger partial charge in [-0.15, -0.1) is 0 Å². The Balaban J connectivity index is 2.32. The molecule has 2 unspecified atom stereocenters. The molecule has 0 amide bonds. The first-order valence-corrected chi connectivity index (χ1v) is 7.18. The minimum Gasteiger partial charge on any atom is -0.366 e. The molecule has 1 N–H and O–H groups in total. The number of anilines is 1. The molecule has 3 heteroatoms. The lowest BCUT2D eigenvalue weighted by Crippen LogP contribution is -2.40. The van der Waals surface area contributed by atoms with Gasteiger partial charge in [0.25, 0.3) is 0 Å². The van der Waals surface area contributed by atoms with E-state index in [-0.39, 0.29) is 6.04 Å². The zero-order valence-corrected chi connectivity index (χ0v) is 11.9. The van der Waals surface area contributed by atoms with Crippen LogP contribution in [0.5, 0.6) is 0 Å². The minimum atomic E-state index is 0.280. The van der Waals surface area contributed by atoms with Crippen molar-refractivity contribution in [2.45, 2.75) is 32.7 Å². The molecule has 2 rings (SSSR count). The largest absolute Gasteiger partial charge is 0.366 e. The molecule has 19 heavy (non-hydrogen) atoms. The summed E-state index contributed by atoms with van der Waals surface area (Å²) in [6.45, 7) is 7.42. The van der Waals surface area contributed by atoms with E-state index in [1.165, 1.54) is 11.3 Å².